The molecule has 0 bridgehead atoms. The fourth-order valence-electron chi connectivity index (χ4n) is 3.10. The smallest absolute Gasteiger partial charge is 0.273 e. The molecule has 25 heavy (non-hydrogen) atoms. The molecule has 1 amide bonds. The van der Waals surface area contributed by atoms with Gasteiger partial charge in [0.2, 0.25) is 0 Å². The Morgan fingerprint density at radius 3 is 2.64 bits per heavy atom. The minimum atomic E-state index is -0.190. The second kappa shape index (κ2) is 8.27. The van der Waals surface area contributed by atoms with Crippen LogP contribution in [0.25, 0.3) is 11.3 Å². The van der Waals surface area contributed by atoms with Crippen LogP contribution in [-0.4, -0.2) is 66.2 Å². The highest BCUT2D eigenvalue weighted by atomic mass is 16.5. The van der Waals surface area contributed by atoms with E-state index < -0.39 is 0 Å². The van der Waals surface area contributed by atoms with Gasteiger partial charge < -0.3 is 14.7 Å². The average molecular weight is 342 g/mol. The molecule has 1 aliphatic heterocycles. The SMILES string of the molecule is CCN1CCN([C@@H](C)CNC(=O)c2cc(-c3ccccc3)on2)CC1. The summed E-state index contributed by atoms with van der Waals surface area (Å²) in [5.41, 5.74) is 1.23. The minimum absolute atomic E-state index is 0.190. The lowest BCUT2D eigenvalue weighted by Gasteiger charge is -2.37. The summed E-state index contributed by atoms with van der Waals surface area (Å²) < 4.78 is 5.29. The Morgan fingerprint density at radius 2 is 1.96 bits per heavy atom. The molecule has 1 saturated heterocycles. The molecule has 6 heteroatoms. The van der Waals surface area contributed by atoms with Crippen molar-refractivity contribution in [1.82, 2.24) is 20.3 Å². The number of carbonyl (C=O) groups excluding carboxylic acids is 1. The van der Waals surface area contributed by atoms with E-state index in [0.29, 0.717) is 24.0 Å². The number of likely N-dealkylation sites (N-methyl/N-ethyl adjacent to an activating group) is 1. The van der Waals surface area contributed by atoms with Gasteiger partial charge in [0, 0.05) is 50.4 Å². The Bertz CT molecular complexity index is 678. The highest BCUT2D eigenvalue weighted by Crippen LogP contribution is 2.19. The maximum Gasteiger partial charge on any atom is 0.273 e. The Kier molecular flexibility index (Phi) is 5.83. The first kappa shape index (κ1) is 17.6. The molecule has 134 valence electrons. The topological polar surface area (TPSA) is 61.6 Å². The molecule has 1 atom stereocenters. The molecule has 0 spiro atoms. The Hall–Kier alpha value is -2.18. The molecule has 0 saturated carbocycles. The third kappa shape index (κ3) is 4.46. The number of piperazine rings is 1. The van der Waals surface area contributed by atoms with E-state index in [1.165, 1.54) is 0 Å². The second-order valence-electron chi connectivity index (χ2n) is 6.47. The van der Waals surface area contributed by atoms with E-state index in [1.807, 2.05) is 30.3 Å². The molecule has 2 heterocycles. The van der Waals surface area contributed by atoms with Crippen molar-refractivity contribution in [2.45, 2.75) is 19.9 Å². The third-order valence-electron chi connectivity index (χ3n) is 4.84. The second-order valence-corrected chi connectivity index (χ2v) is 6.47. The van der Waals surface area contributed by atoms with Crippen LogP contribution in [0.4, 0.5) is 0 Å². The predicted octanol–water partition coefficient (Wildman–Crippen LogP) is 2.10. The van der Waals surface area contributed by atoms with Gasteiger partial charge in [-0.05, 0) is 13.5 Å². The first-order chi connectivity index (χ1) is 12.2. The molecule has 1 aromatic heterocycles. The van der Waals surface area contributed by atoms with E-state index in [0.717, 1.165) is 38.3 Å². The monoisotopic (exact) mass is 342 g/mol. The van der Waals surface area contributed by atoms with Gasteiger partial charge in [0.15, 0.2) is 11.5 Å². The summed E-state index contributed by atoms with van der Waals surface area (Å²) in [6.07, 6.45) is 0. The van der Waals surface area contributed by atoms with Crippen LogP contribution in [0.5, 0.6) is 0 Å². The largest absolute Gasteiger partial charge is 0.355 e. The number of hydrogen-bond donors (Lipinski definition) is 1. The standard InChI is InChI=1S/C19H26N4O2/c1-3-22-9-11-23(12-10-22)15(2)14-20-19(24)17-13-18(25-21-17)16-7-5-4-6-8-16/h4-8,13,15H,3,9-12,14H2,1-2H3,(H,20,24)/t15-/m0/s1. The van der Waals surface area contributed by atoms with E-state index in [4.69, 9.17) is 4.52 Å². The minimum Gasteiger partial charge on any atom is -0.355 e. The van der Waals surface area contributed by atoms with Crippen LogP contribution in [-0.2, 0) is 0 Å². The van der Waals surface area contributed by atoms with Gasteiger partial charge in [-0.2, -0.15) is 0 Å². The lowest BCUT2D eigenvalue weighted by molar-refractivity contribution is 0.0876. The number of carbonyl (C=O) groups is 1. The third-order valence-corrected chi connectivity index (χ3v) is 4.84. The molecule has 1 aliphatic rings. The van der Waals surface area contributed by atoms with Crippen LogP contribution in [0, 0.1) is 0 Å². The molecular weight excluding hydrogens is 316 g/mol. The lowest BCUT2D eigenvalue weighted by atomic mass is 10.1. The molecule has 1 fully saturated rings. The maximum absolute atomic E-state index is 12.3. The Labute approximate surface area is 148 Å². The van der Waals surface area contributed by atoms with Gasteiger partial charge in [-0.3, -0.25) is 9.69 Å². The Morgan fingerprint density at radius 1 is 1.24 bits per heavy atom. The normalized spacial score (nSPS) is 17.4. The summed E-state index contributed by atoms with van der Waals surface area (Å²) in [6, 6.07) is 11.7. The molecule has 6 nitrogen and oxygen atoms in total. The van der Waals surface area contributed by atoms with Crippen LogP contribution in [0.1, 0.15) is 24.3 Å². The number of aromatic nitrogens is 1. The highest BCUT2D eigenvalue weighted by Gasteiger charge is 2.21. The molecule has 0 radical (unpaired) electrons. The summed E-state index contributed by atoms with van der Waals surface area (Å²) in [5.74, 6) is 0.416. The zero-order valence-corrected chi connectivity index (χ0v) is 14.9. The molecular formula is C19H26N4O2. The quantitative estimate of drug-likeness (QED) is 0.871. The van der Waals surface area contributed by atoms with Crippen molar-refractivity contribution in [2.75, 3.05) is 39.3 Å². The van der Waals surface area contributed by atoms with Gasteiger partial charge in [-0.1, -0.05) is 42.4 Å². The van der Waals surface area contributed by atoms with E-state index in [2.05, 4.69) is 34.1 Å². The van der Waals surface area contributed by atoms with Crippen molar-refractivity contribution in [2.24, 2.45) is 0 Å². The van der Waals surface area contributed by atoms with E-state index >= 15 is 0 Å². The van der Waals surface area contributed by atoms with Crippen molar-refractivity contribution in [3.63, 3.8) is 0 Å². The molecule has 1 aromatic carbocycles. The van der Waals surface area contributed by atoms with Crippen molar-refractivity contribution in [3.05, 3.63) is 42.1 Å². The van der Waals surface area contributed by atoms with Crippen molar-refractivity contribution >= 4 is 5.91 Å². The lowest BCUT2D eigenvalue weighted by Crippen LogP contribution is -2.52. The zero-order valence-electron chi connectivity index (χ0n) is 14.9. The molecule has 1 N–H and O–H groups in total. The van der Waals surface area contributed by atoms with Gasteiger partial charge >= 0.3 is 0 Å². The van der Waals surface area contributed by atoms with Crippen molar-refractivity contribution < 1.29 is 9.32 Å². The summed E-state index contributed by atoms with van der Waals surface area (Å²) in [4.78, 5) is 17.2. The predicted molar refractivity (Wildman–Crippen MR) is 97.4 cm³/mol. The fraction of sp³-hybridized carbons (Fsp3) is 0.474. The summed E-state index contributed by atoms with van der Waals surface area (Å²) in [6.45, 7) is 10.4. The first-order valence-corrected chi connectivity index (χ1v) is 8.94. The zero-order chi connectivity index (χ0) is 17.6. The van der Waals surface area contributed by atoms with Crippen LogP contribution >= 0.6 is 0 Å². The van der Waals surface area contributed by atoms with E-state index in [-0.39, 0.29) is 5.91 Å². The van der Waals surface area contributed by atoms with Crippen LogP contribution in [0.3, 0.4) is 0 Å². The number of nitrogens with zero attached hydrogens (tertiary/aromatic N) is 3. The fourth-order valence-corrected chi connectivity index (χ4v) is 3.10. The van der Waals surface area contributed by atoms with Gasteiger partial charge in [-0.15, -0.1) is 0 Å². The van der Waals surface area contributed by atoms with Gasteiger partial charge in [0.1, 0.15) is 0 Å². The molecule has 0 aliphatic carbocycles. The molecule has 2 aromatic rings. The van der Waals surface area contributed by atoms with Gasteiger partial charge in [0.25, 0.3) is 5.91 Å². The van der Waals surface area contributed by atoms with E-state index in [1.54, 1.807) is 6.07 Å². The van der Waals surface area contributed by atoms with Crippen molar-refractivity contribution in [1.29, 1.82) is 0 Å². The number of amides is 1. The number of nitrogens with one attached hydrogen (secondary N) is 1. The van der Waals surface area contributed by atoms with Crippen LogP contribution in [0.15, 0.2) is 40.9 Å². The van der Waals surface area contributed by atoms with Gasteiger partial charge in [-0.25, -0.2) is 0 Å². The molecule has 3 rings (SSSR count). The average Bonchev–Trinajstić information content (AvgIpc) is 3.17. The van der Waals surface area contributed by atoms with Gasteiger partial charge in [0.05, 0.1) is 0 Å². The first-order valence-electron chi connectivity index (χ1n) is 8.94. The van der Waals surface area contributed by atoms with Crippen molar-refractivity contribution in [3.8, 4) is 11.3 Å². The summed E-state index contributed by atoms with van der Waals surface area (Å²) in [7, 11) is 0. The van der Waals surface area contributed by atoms with Crippen LogP contribution < -0.4 is 5.32 Å². The Balaban J connectivity index is 1.50. The number of rotatable bonds is 6. The summed E-state index contributed by atoms with van der Waals surface area (Å²) >= 11 is 0. The summed E-state index contributed by atoms with van der Waals surface area (Å²) in [5, 5.41) is 6.87. The number of benzene rings is 1. The van der Waals surface area contributed by atoms with E-state index in [9.17, 15) is 4.79 Å². The van der Waals surface area contributed by atoms with Crippen LogP contribution in [0.2, 0.25) is 0 Å². The number of hydrogen-bond acceptors (Lipinski definition) is 5. The highest BCUT2D eigenvalue weighted by molar-refractivity contribution is 5.93. The molecule has 0 unspecified atom stereocenters. The maximum atomic E-state index is 12.3.